The van der Waals surface area contributed by atoms with E-state index in [1.807, 2.05) is 0 Å². The average Bonchev–Trinajstić information content (AvgIpc) is 3.21. The van der Waals surface area contributed by atoms with Gasteiger partial charge in [-0.15, -0.1) is 0 Å². The Bertz CT molecular complexity index is 1040. The first-order chi connectivity index (χ1) is 15.8. The van der Waals surface area contributed by atoms with E-state index in [2.05, 4.69) is 5.32 Å². The number of carbonyl (C=O) groups is 3. The van der Waals surface area contributed by atoms with Crippen LogP contribution in [0.2, 0.25) is 0 Å². The summed E-state index contributed by atoms with van der Waals surface area (Å²) in [5.41, 5.74) is -1.06. The van der Waals surface area contributed by atoms with Gasteiger partial charge < -0.3 is 14.2 Å². The molecule has 0 bridgehead atoms. The van der Waals surface area contributed by atoms with Crippen LogP contribution >= 0.6 is 0 Å². The highest BCUT2D eigenvalue weighted by molar-refractivity contribution is 5.95. The number of benzene rings is 2. The SMILES string of the molecule is CCOC(=O)[C@]1(c2ccccc2)N[C@H](c2ccc([N+](=O)[O-])cc2)[C@H](C(=O)OC)[C@@H]1C(=O)OC. The molecule has 0 unspecified atom stereocenters. The largest absolute Gasteiger partial charge is 0.469 e. The Kier molecular flexibility index (Phi) is 7.07. The molecule has 4 atom stereocenters. The van der Waals surface area contributed by atoms with Gasteiger partial charge >= 0.3 is 17.9 Å². The van der Waals surface area contributed by atoms with Gasteiger partial charge in [0, 0.05) is 18.2 Å². The molecular formula is C23H24N2O8. The molecule has 10 heteroatoms. The number of nitrogens with zero attached hydrogens (tertiary/aromatic N) is 1. The lowest BCUT2D eigenvalue weighted by Gasteiger charge is -2.33. The van der Waals surface area contributed by atoms with Gasteiger partial charge in [0.05, 0.1) is 31.7 Å². The zero-order chi connectivity index (χ0) is 24.2. The summed E-state index contributed by atoms with van der Waals surface area (Å²) in [6.07, 6.45) is 0. The molecule has 0 saturated carbocycles. The molecule has 33 heavy (non-hydrogen) atoms. The first kappa shape index (κ1) is 23.9. The molecule has 1 saturated heterocycles. The highest BCUT2D eigenvalue weighted by atomic mass is 16.6. The van der Waals surface area contributed by atoms with Crippen molar-refractivity contribution in [1.82, 2.24) is 5.32 Å². The number of hydrogen-bond acceptors (Lipinski definition) is 9. The molecule has 174 valence electrons. The molecule has 2 aromatic rings. The minimum atomic E-state index is -1.77. The van der Waals surface area contributed by atoms with Crippen molar-refractivity contribution in [3.05, 3.63) is 75.8 Å². The summed E-state index contributed by atoms with van der Waals surface area (Å²) >= 11 is 0. The lowest BCUT2D eigenvalue weighted by molar-refractivity contribution is -0.384. The standard InChI is InChI=1S/C23H24N2O8/c1-4-33-22(28)23(15-8-6-5-7-9-15)18(21(27)32-3)17(20(26)31-2)19(24-23)14-10-12-16(13-11-14)25(29)30/h5-13,17-19,24H,4H2,1-3H3/t17-,18-,19-,23-/m1/s1. The maximum Gasteiger partial charge on any atom is 0.331 e. The minimum Gasteiger partial charge on any atom is -0.469 e. The van der Waals surface area contributed by atoms with Gasteiger partial charge in [-0.2, -0.15) is 0 Å². The topological polar surface area (TPSA) is 134 Å². The summed E-state index contributed by atoms with van der Waals surface area (Å²) in [7, 11) is 2.34. The molecule has 0 radical (unpaired) electrons. The molecule has 10 nitrogen and oxygen atoms in total. The normalized spacial score (nSPS) is 24.0. The molecule has 1 aliphatic heterocycles. The van der Waals surface area contributed by atoms with Crippen LogP contribution in [0, 0.1) is 22.0 Å². The third kappa shape index (κ3) is 4.17. The Morgan fingerprint density at radius 3 is 2.12 bits per heavy atom. The van der Waals surface area contributed by atoms with Crippen LogP contribution in [0.25, 0.3) is 0 Å². The number of rotatable bonds is 7. The summed E-state index contributed by atoms with van der Waals surface area (Å²) in [5.74, 6) is -4.84. The summed E-state index contributed by atoms with van der Waals surface area (Å²) in [5, 5.41) is 14.2. The Hall–Kier alpha value is -3.79. The van der Waals surface area contributed by atoms with Gasteiger partial charge in [0.25, 0.3) is 5.69 Å². The molecular weight excluding hydrogens is 432 g/mol. The first-order valence-corrected chi connectivity index (χ1v) is 10.2. The third-order valence-electron chi connectivity index (χ3n) is 5.79. The van der Waals surface area contributed by atoms with Gasteiger partial charge in [-0.25, -0.2) is 4.79 Å². The summed E-state index contributed by atoms with van der Waals surface area (Å²) in [6, 6.07) is 13.0. The molecule has 3 rings (SSSR count). The lowest BCUT2D eigenvalue weighted by atomic mass is 9.74. The molecule has 0 aliphatic carbocycles. The fourth-order valence-corrected chi connectivity index (χ4v) is 4.35. The van der Waals surface area contributed by atoms with E-state index in [0.29, 0.717) is 11.1 Å². The fraction of sp³-hybridized carbons (Fsp3) is 0.348. The van der Waals surface area contributed by atoms with Gasteiger partial charge in [0.1, 0.15) is 5.92 Å². The summed E-state index contributed by atoms with van der Waals surface area (Å²) in [6.45, 7) is 1.67. The van der Waals surface area contributed by atoms with Crippen molar-refractivity contribution in [3.63, 3.8) is 0 Å². The number of carbonyl (C=O) groups excluding carboxylic acids is 3. The summed E-state index contributed by atoms with van der Waals surface area (Å²) < 4.78 is 15.4. The highest BCUT2D eigenvalue weighted by Crippen LogP contribution is 2.50. The second-order valence-electron chi connectivity index (χ2n) is 7.41. The van der Waals surface area contributed by atoms with Crippen molar-refractivity contribution >= 4 is 23.6 Å². The van der Waals surface area contributed by atoms with Crippen molar-refractivity contribution in [1.29, 1.82) is 0 Å². The van der Waals surface area contributed by atoms with E-state index >= 15 is 0 Å². The van der Waals surface area contributed by atoms with Crippen LogP contribution in [0.5, 0.6) is 0 Å². The maximum atomic E-state index is 13.4. The summed E-state index contributed by atoms with van der Waals surface area (Å²) in [4.78, 5) is 50.0. The van der Waals surface area contributed by atoms with E-state index in [1.54, 1.807) is 37.3 Å². The molecule has 1 heterocycles. The molecule has 2 aromatic carbocycles. The van der Waals surface area contributed by atoms with E-state index in [9.17, 15) is 24.5 Å². The fourth-order valence-electron chi connectivity index (χ4n) is 4.35. The molecule has 0 spiro atoms. The number of non-ortho nitro benzene ring substituents is 1. The number of nitrogens with one attached hydrogen (secondary N) is 1. The number of methoxy groups -OCH3 is 2. The predicted molar refractivity (Wildman–Crippen MR) is 115 cm³/mol. The maximum absolute atomic E-state index is 13.4. The second kappa shape index (κ2) is 9.78. The van der Waals surface area contributed by atoms with E-state index in [4.69, 9.17) is 14.2 Å². The van der Waals surface area contributed by atoms with Gasteiger partial charge in [-0.1, -0.05) is 42.5 Å². The van der Waals surface area contributed by atoms with Crippen LogP contribution in [-0.2, 0) is 34.1 Å². The van der Waals surface area contributed by atoms with Crippen molar-refractivity contribution in [2.24, 2.45) is 11.8 Å². The van der Waals surface area contributed by atoms with Gasteiger partial charge in [-0.3, -0.25) is 25.0 Å². The van der Waals surface area contributed by atoms with Crippen LogP contribution < -0.4 is 5.32 Å². The zero-order valence-electron chi connectivity index (χ0n) is 18.3. The zero-order valence-corrected chi connectivity index (χ0v) is 18.3. The van der Waals surface area contributed by atoms with Gasteiger partial charge in [0.15, 0.2) is 5.54 Å². The van der Waals surface area contributed by atoms with Crippen LogP contribution in [0.15, 0.2) is 54.6 Å². The van der Waals surface area contributed by atoms with Crippen LogP contribution in [-0.4, -0.2) is 43.7 Å². The van der Waals surface area contributed by atoms with Crippen molar-refractivity contribution < 1.29 is 33.5 Å². The second-order valence-corrected chi connectivity index (χ2v) is 7.41. The van der Waals surface area contributed by atoms with Gasteiger partial charge in [0.2, 0.25) is 0 Å². The number of nitro benzene ring substituents is 1. The molecule has 1 fully saturated rings. The average molecular weight is 456 g/mol. The van der Waals surface area contributed by atoms with Gasteiger partial charge in [-0.05, 0) is 18.1 Å². The van der Waals surface area contributed by atoms with Crippen LogP contribution in [0.1, 0.15) is 24.1 Å². The minimum absolute atomic E-state index is 0.0358. The Morgan fingerprint density at radius 1 is 1.00 bits per heavy atom. The van der Waals surface area contributed by atoms with E-state index in [-0.39, 0.29) is 12.3 Å². The van der Waals surface area contributed by atoms with Crippen molar-refractivity contribution in [2.75, 3.05) is 20.8 Å². The first-order valence-electron chi connectivity index (χ1n) is 10.2. The number of nitro groups is 1. The number of esters is 3. The molecule has 1 aliphatic rings. The quantitative estimate of drug-likeness (QED) is 0.288. The van der Waals surface area contributed by atoms with E-state index in [0.717, 1.165) is 7.11 Å². The third-order valence-corrected chi connectivity index (χ3v) is 5.79. The monoisotopic (exact) mass is 456 g/mol. The van der Waals surface area contributed by atoms with E-state index < -0.39 is 46.2 Å². The highest BCUT2D eigenvalue weighted by Gasteiger charge is 2.65. The van der Waals surface area contributed by atoms with Crippen LogP contribution in [0.3, 0.4) is 0 Å². The predicted octanol–water partition coefficient (Wildman–Crippen LogP) is 2.28. The van der Waals surface area contributed by atoms with Crippen molar-refractivity contribution in [3.8, 4) is 0 Å². The Balaban J connectivity index is 2.27. The molecule has 0 aromatic heterocycles. The number of ether oxygens (including phenoxy) is 3. The lowest BCUT2D eigenvalue weighted by Crippen LogP contribution is -2.53. The van der Waals surface area contributed by atoms with Crippen LogP contribution in [0.4, 0.5) is 5.69 Å². The molecule has 0 amide bonds. The Labute approximate surface area is 190 Å². The number of hydrogen-bond donors (Lipinski definition) is 1. The molecule has 1 N–H and O–H groups in total. The van der Waals surface area contributed by atoms with Crippen molar-refractivity contribution in [2.45, 2.75) is 18.5 Å². The Morgan fingerprint density at radius 2 is 1.61 bits per heavy atom. The smallest absolute Gasteiger partial charge is 0.331 e. The van der Waals surface area contributed by atoms with E-state index in [1.165, 1.54) is 31.4 Å².